The van der Waals surface area contributed by atoms with Gasteiger partial charge >= 0.3 is 5.51 Å². The second kappa shape index (κ2) is 3.69. The summed E-state index contributed by atoms with van der Waals surface area (Å²) in [6.45, 7) is 0. The Morgan fingerprint density at radius 3 is 2.47 bits per heavy atom. The number of aromatic nitrogens is 2. The molecular weight excluding hydrogens is 233 g/mol. The van der Waals surface area contributed by atoms with Crippen molar-refractivity contribution in [3.05, 3.63) is 23.6 Å². The molecule has 8 heteroatoms. The number of rotatable bonds is 2. The summed E-state index contributed by atoms with van der Waals surface area (Å²) in [4.78, 5) is 3.65. The van der Waals surface area contributed by atoms with Crippen molar-refractivity contribution < 1.29 is 21.6 Å². The molecule has 0 aliphatic heterocycles. The predicted molar refractivity (Wildman–Crippen MR) is 47.2 cm³/mol. The number of alkyl halides is 3. The summed E-state index contributed by atoms with van der Waals surface area (Å²) in [5.41, 5.74) is -5.12. The third kappa shape index (κ3) is 2.82. The van der Waals surface area contributed by atoms with Crippen LogP contribution in [-0.4, -0.2) is 23.5 Å². The Labute approximate surface area is 84.0 Å². The van der Waals surface area contributed by atoms with Gasteiger partial charge in [0.25, 0.3) is 9.84 Å². The maximum absolute atomic E-state index is 11.9. The first-order valence-corrected chi connectivity index (χ1v) is 5.24. The third-order valence-electron chi connectivity index (χ3n) is 1.47. The topological polar surface area (TPSA) is 52.0 Å². The van der Waals surface area contributed by atoms with Crippen molar-refractivity contribution in [3.8, 4) is 0 Å². The number of imidazole rings is 1. The van der Waals surface area contributed by atoms with E-state index in [9.17, 15) is 21.6 Å². The van der Waals surface area contributed by atoms with Gasteiger partial charge < -0.3 is 4.57 Å². The lowest BCUT2D eigenvalue weighted by molar-refractivity contribution is -0.0423. The fraction of sp³-hybridized carbons (Fsp3) is 0.286. The van der Waals surface area contributed by atoms with Crippen LogP contribution in [0.1, 0.15) is 5.69 Å². The van der Waals surface area contributed by atoms with Crippen molar-refractivity contribution in [2.24, 2.45) is 7.05 Å². The monoisotopic (exact) mass is 240 g/mol. The van der Waals surface area contributed by atoms with Gasteiger partial charge in [0, 0.05) is 18.7 Å². The summed E-state index contributed by atoms with van der Waals surface area (Å²) >= 11 is 0. The molecule has 1 aromatic rings. The van der Waals surface area contributed by atoms with Crippen molar-refractivity contribution in [2.45, 2.75) is 5.51 Å². The van der Waals surface area contributed by atoms with E-state index in [1.54, 1.807) is 7.05 Å². The van der Waals surface area contributed by atoms with Crippen LogP contribution in [0.5, 0.6) is 0 Å². The maximum Gasteiger partial charge on any atom is 0.501 e. The highest BCUT2D eigenvalue weighted by Gasteiger charge is 2.43. The molecule has 0 atom stereocenters. The molecule has 0 saturated carbocycles. The Hall–Kier alpha value is -1.31. The van der Waals surface area contributed by atoms with E-state index >= 15 is 0 Å². The zero-order chi connectivity index (χ0) is 11.7. The van der Waals surface area contributed by atoms with Gasteiger partial charge in [-0.2, -0.15) is 13.2 Å². The van der Waals surface area contributed by atoms with Gasteiger partial charge in [-0.15, -0.1) is 0 Å². The fourth-order valence-corrected chi connectivity index (χ4v) is 1.23. The molecule has 0 fully saturated rings. The average Bonchev–Trinajstić information content (AvgIpc) is 2.46. The molecule has 0 spiro atoms. The zero-order valence-corrected chi connectivity index (χ0v) is 8.38. The van der Waals surface area contributed by atoms with Crippen LogP contribution < -0.4 is 0 Å². The molecule has 0 radical (unpaired) electrons. The lowest BCUT2D eigenvalue weighted by atomic mass is 10.5. The highest BCUT2D eigenvalue weighted by Crippen LogP contribution is 2.24. The van der Waals surface area contributed by atoms with Crippen molar-refractivity contribution in [1.82, 2.24) is 9.55 Å². The van der Waals surface area contributed by atoms with Crippen LogP contribution in [-0.2, 0) is 16.9 Å². The predicted octanol–water partition coefficient (Wildman–Crippen LogP) is 1.33. The van der Waals surface area contributed by atoms with Gasteiger partial charge in [-0.1, -0.05) is 0 Å². The number of aryl methyl sites for hydroxylation is 1. The Bertz CT molecular complexity index is 473. The maximum atomic E-state index is 11.9. The molecule has 0 aromatic carbocycles. The van der Waals surface area contributed by atoms with E-state index in [0.29, 0.717) is 0 Å². The van der Waals surface area contributed by atoms with E-state index in [4.69, 9.17) is 0 Å². The number of nitrogens with zero attached hydrogens (tertiary/aromatic N) is 2. The van der Waals surface area contributed by atoms with Crippen molar-refractivity contribution >= 4 is 15.9 Å². The summed E-state index contributed by atoms with van der Waals surface area (Å²) < 4.78 is 58.3. The van der Waals surface area contributed by atoms with Crippen LogP contribution in [0.4, 0.5) is 13.2 Å². The van der Waals surface area contributed by atoms with Crippen molar-refractivity contribution in [1.29, 1.82) is 0 Å². The number of halogens is 3. The summed E-state index contributed by atoms with van der Waals surface area (Å²) in [6, 6.07) is 0. The highest BCUT2D eigenvalue weighted by molar-refractivity contribution is 7.95. The van der Waals surface area contributed by atoms with Crippen LogP contribution in [0.25, 0.3) is 6.08 Å². The summed E-state index contributed by atoms with van der Waals surface area (Å²) in [6.07, 6.45) is 3.53. The first-order chi connectivity index (χ1) is 6.72. The average molecular weight is 240 g/mol. The van der Waals surface area contributed by atoms with Gasteiger partial charge in [0.05, 0.1) is 12.0 Å². The number of hydrogen-bond acceptors (Lipinski definition) is 3. The minimum Gasteiger partial charge on any atom is -0.340 e. The molecule has 0 bridgehead atoms. The SMILES string of the molecule is Cn1cnc(C=CS(=O)(=O)C(F)(F)F)c1. The van der Waals surface area contributed by atoms with Gasteiger partial charge in [-0.25, -0.2) is 13.4 Å². The lowest BCUT2D eigenvalue weighted by Gasteiger charge is -2.01. The minimum absolute atomic E-state index is 0.0926. The van der Waals surface area contributed by atoms with E-state index in [2.05, 4.69) is 4.98 Å². The molecule has 4 nitrogen and oxygen atoms in total. The summed E-state index contributed by atoms with van der Waals surface area (Å²) in [5.74, 6) is 0. The van der Waals surface area contributed by atoms with Crippen LogP contribution in [0.3, 0.4) is 0 Å². The third-order valence-corrected chi connectivity index (χ3v) is 2.61. The smallest absolute Gasteiger partial charge is 0.340 e. The largest absolute Gasteiger partial charge is 0.501 e. The molecule has 84 valence electrons. The van der Waals surface area contributed by atoms with E-state index < -0.39 is 15.3 Å². The first kappa shape index (κ1) is 11.8. The molecule has 0 unspecified atom stereocenters. The van der Waals surface area contributed by atoms with Gasteiger partial charge in [-0.05, 0) is 6.08 Å². The minimum atomic E-state index is -5.27. The Morgan fingerprint density at radius 2 is 2.07 bits per heavy atom. The fourth-order valence-electron chi connectivity index (χ4n) is 0.756. The molecule has 1 rings (SSSR count). The zero-order valence-electron chi connectivity index (χ0n) is 7.56. The molecule has 0 amide bonds. The molecule has 0 N–H and O–H groups in total. The second-order valence-corrected chi connectivity index (χ2v) is 4.58. The Morgan fingerprint density at radius 1 is 1.47 bits per heavy atom. The quantitative estimate of drug-likeness (QED) is 0.783. The molecule has 1 heterocycles. The highest BCUT2D eigenvalue weighted by atomic mass is 32.2. The Kier molecular flexibility index (Phi) is 2.89. The molecule has 1 aromatic heterocycles. The normalized spacial score (nSPS) is 13.6. The van der Waals surface area contributed by atoms with Gasteiger partial charge in [0.15, 0.2) is 0 Å². The lowest BCUT2D eigenvalue weighted by Crippen LogP contribution is -2.20. The Balaban J connectivity index is 2.92. The van der Waals surface area contributed by atoms with E-state index in [1.807, 2.05) is 0 Å². The second-order valence-electron chi connectivity index (χ2n) is 2.76. The standard InChI is InChI=1S/C7H7F3N2O2S/c1-12-4-6(11-5-12)2-3-15(13,14)7(8,9)10/h2-5H,1H3. The molecule has 15 heavy (non-hydrogen) atoms. The number of hydrogen-bond donors (Lipinski definition) is 0. The summed E-state index contributed by atoms with van der Waals surface area (Å²) in [7, 11) is -3.60. The molecule has 0 aliphatic rings. The van der Waals surface area contributed by atoms with Gasteiger partial charge in [0.1, 0.15) is 0 Å². The number of sulfone groups is 1. The van der Waals surface area contributed by atoms with Crippen LogP contribution in [0.15, 0.2) is 17.9 Å². The van der Waals surface area contributed by atoms with Crippen LogP contribution in [0.2, 0.25) is 0 Å². The van der Waals surface area contributed by atoms with Gasteiger partial charge in [0.2, 0.25) is 0 Å². The van der Waals surface area contributed by atoms with Crippen molar-refractivity contribution in [3.63, 3.8) is 0 Å². The van der Waals surface area contributed by atoms with Crippen LogP contribution in [0, 0.1) is 0 Å². The van der Waals surface area contributed by atoms with E-state index in [1.165, 1.54) is 17.1 Å². The first-order valence-electron chi connectivity index (χ1n) is 3.70. The van der Waals surface area contributed by atoms with Crippen molar-refractivity contribution in [2.75, 3.05) is 0 Å². The van der Waals surface area contributed by atoms with Crippen LogP contribution >= 0.6 is 0 Å². The van der Waals surface area contributed by atoms with Gasteiger partial charge in [-0.3, -0.25) is 0 Å². The summed E-state index contributed by atoms with van der Waals surface area (Å²) in [5, 5.41) is 0.0926. The van der Waals surface area contributed by atoms with E-state index in [-0.39, 0.29) is 11.1 Å². The molecular formula is C7H7F3N2O2S. The molecule has 0 saturated heterocycles. The molecule has 0 aliphatic carbocycles. The van der Waals surface area contributed by atoms with E-state index in [0.717, 1.165) is 6.08 Å².